The second-order valence-corrected chi connectivity index (χ2v) is 6.95. The van der Waals surface area contributed by atoms with Gasteiger partial charge in [-0.3, -0.25) is 9.59 Å². The van der Waals surface area contributed by atoms with Gasteiger partial charge >= 0.3 is 0 Å². The summed E-state index contributed by atoms with van der Waals surface area (Å²) < 4.78 is 0. The van der Waals surface area contributed by atoms with Crippen molar-refractivity contribution in [2.24, 2.45) is 0 Å². The third-order valence-electron chi connectivity index (χ3n) is 4.74. The molecular formula is C25H26N2O2. The summed E-state index contributed by atoms with van der Waals surface area (Å²) >= 11 is 0. The molecule has 0 aliphatic heterocycles. The van der Waals surface area contributed by atoms with Gasteiger partial charge in [0.25, 0.3) is 5.91 Å². The fourth-order valence-corrected chi connectivity index (χ4v) is 3.19. The van der Waals surface area contributed by atoms with Crippen molar-refractivity contribution >= 4 is 11.8 Å². The minimum absolute atomic E-state index is 0.0692. The SMILES string of the molecule is O=C(CC(NC(=O)c1ccccc1)c1ccccc1)NCCCc1ccccc1. The third-order valence-corrected chi connectivity index (χ3v) is 4.74. The van der Waals surface area contributed by atoms with E-state index < -0.39 is 0 Å². The van der Waals surface area contributed by atoms with Crippen LogP contribution >= 0.6 is 0 Å². The normalized spacial score (nSPS) is 11.4. The quantitative estimate of drug-likeness (QED) is 0.539. The van der Waals surface area contributed by atoms with Gasteiger partial charge in [0.1, 0.15) is 0 Å². The summed E-state index contributed by atoms with van der Waals surface area (Å²) in [7, 11) is 0. The first-order valence-corrected chi connectivity index (χ1v) is 9.94. The van der Waals surface area contributed by atoms with Crippen LogP contribution in [0.5, 0.6) is 0 Å². The summed E-state index contributed by atoms with van der Waals surface area (Å²) in [6.45, 7) is 0.613. The lowest BCUT2D eigenvalue weighted by Gasteiger charge is -2.19. The molecule has 3 rings (SSSR count). The predicted molar refractivity (Wildman–Crippen MR) is 115 cm³/mol. The van der Waals surface area contributed by atoms with Crippen molar-refractivity contribution in [1.29, 1.82) is 0 Å². The molecule has 29 heavy (non-hydrogen) atoms. The summed E-state index contributed by atoms with van der Waals surface area (Å²) in [6.07, 6.45) is 2.00. The molecular weight excluding hydrogens is 360 g/mol. The molecule has 2 N–H and O–H groups in total. The van der Waals surface area contributed by atoms with Crippen LogP contribution in [0.4, 0.5) is 0 Å². The third kappa shape index (κ3) is 6.61. The lowest BCUT2D eigenvalue weighted by atomic mass is 10.0. The number of hydrogen-bond acceptors (Lipinski definition) is 2. The summed E-state index contributed by atoms with van der Waals surface area (Å²) in [5, 5.41) is 5.97. The molecule has 0 heterocycles. The Morgan fingerprint density at radius 2 is 1.34 bits per heavy atom. The van der Waals surface area contributed by atoms with Gasteiger partial charge < -0.3 is 10.6 Å². The molecule has 0 spiro atoms. The summed E-state index contributed by atoms with van der Waals surface area (Å²) in [5.74, 6) is -0.253. The van der Waals surface area contributed by atoms with Gasteiger partial charge in [-0.25, -0.2) is 0 Å². The number of amides is 2. The molecule has 3 aromatic carbocycles. The Kier molecular flexibility index (Phi) is 7.58. The van der Waals surface area contributed by atoms with Gasteiger partial charge in [0.05, 0.1) is 12.5 Å². The van der Waals surface area contributed by atoms with Crippen molar-refractivity contribution in [2.45, 2.75) is 25.3 Å². The molecule has 0 aliphatic carbocycles. The number of hydrogen-bond donors (Lipinski definition) is 2. The maximum atomic E-state index is 12.6. The van der Waals surface area contributed by atoms with E-state index in [1.165, 1.54) is 5.56 Å². The lowest BCUT2D eigenvalue weighted by molar-refractivity contribution is -0.121. The van der Waals surface area contributed by atoms with E-state index in [0.717, 1.165) is 18.4 Å². The van der Waals surface area contributed by atoms with E-state index in [-0.39, 0.29) is 24.3 Å². The molecule has 4 heteroatoms. The first-order valence-electron chi connectivity index (χ1n) is 9.94. The molecule has 0 fully saturated rings. The standard InChI is InChI=1S/C25H26N2O2/c28-24(26-18-10-13-20-11-4-1-5-12-20)19-23(21-14-6-2-7-15-21)27-25(29)22-16-8-3-9-17-22/h1-9,11-12,14-17,23H,10,13,18-19H2,(H,26,28)(H,27,29). The molecule has 0 bridgehead atoms. The average Bonchev–Trinajstić information content (AvgIpc) is 2.78. The van der Waals surface area contributed by atoms with E-state index in [1.807, 2.05) is 66.7 Å². The highest BCUT2D eigenvalue weighted by atomic mass is 16.2. The molecule has 1 atom stereocenters. The highest BCUT2D eigenvalue weighted by Crippen LogP contribution is 2.17. The first kappa shape index (κ1) is 20.3. The number of benzene rings is 3. The number of carbonyl (C=O) groups excluding carboxylic acids is 2. The Bertz CT molecular complexity index is 896. The van der Waals surface area contributed by atoms with Gasteiger partial charge in [0.15, 0.2) is 0 Å². The minimum Gasteiger partial charge on any atom is -0.356 e. The van der Waals surface area contributed by atoms with Crippen molar-refractivity contribution in [3.8, 4) is 0 Å². The van der Waals surface area contributed by atoms with E-state index in [9.17, 15) is 9.59 Å². The molecule has 2 amide bonds. The number of carbonyl (C=O) groups is 2. The minimum atomic E-state index is -0.377. The molecule has 4 nitrogen and oxygen atoms in total. The van der Waals surface area contributed by atoms with Crippen LogP contribution in [-0.2, 0) is 11.2 Å². The zero-order chi connectivity index (χ0) is 20.3. The van der Waals surface area contributed by atoms with E-state index in [1.54, 1.807) is 12.1 Å². The fraction of sp³-hybridized carbons (Fsp3) is 0.200. The van der Waals surface area contributed by atoms with Crippen LogP contribution in [0.15, 0.2) is 91.0 Å². The zero-order valence-corrected chi connectivity index (χ0v) is 16.4. The number of aryl methyl sites for hydroxylation is 1. The zero-order valence-electron chi connectivity index (χ0n) is 16.4. The maximum Gasteiger partial charge on any atom is 0.251 e. The van der Waals surface area contributed by atoms with Gasteiger partial charge in [-0.15, -0.1) is 0 Å². The summed E-state index contributed by atoms with van der Waals surface area (Å²) in [5.41, 5.74) is 2.76. The number of nitrogens with one attached hydrogen (secondary N) is 2. The lowest BCUT2D eigenvalue weighted by Crippen LogP contribution is -2.34. The Morgan fingerprint density at radius 3 is 2.00 bits per heavy atom. The smallest absolute Gasteiger partial charge is 0.251 e. The molecule has 0 aromatic heterocycles. The Hall–Kier alpha value is -3.40. The van der Waals surface area contributed by atoms with E-state index >= 15 is 0 Å². The van der Waals surface area contributed by atoms with Gasteiger partial charge in [0, 0.05) is 12.1 Å². The van der Waals surface area contributed by atoms with Crippen LogP contribution in [0, 0.1) is 0 Å². The summed E-state index contributed by atoms with van der Waals surface area (Å²) in [6, 6.07) is 28.5. The highest BCUT2D eigenvalue weighted by molar-refractivity contribution is 5.94. The van der Waals surface area contributed by atoms with Gasteiger partial charge in [0.2, 0.25) is 5.91 Å². The Morgan fingerprint density at radius 1 is 0.759 bits per heavy atom. The van der Waals surface area contributed by atoms with Crippen LogP contribution in [0.1, 0.15) is 40.4 Å². The fourth-order valence-electron chi connectivity index (χ4n) is 3.19. The van der Waals surface area contributed by atoms with Crippen molar-refractivity contribution in [2.75, 3.05) is 6.54 Å². The van der Waals surface area contributed by atoms with Gasteiger partial charge in [-0.2, -0.15) is 0 Å². The average molecular weight is 386 g/mol. The van der Waals surface area contributed by atoms with E-state index in [2.05, 4.69) is 22.8 Å². The molecule has 1 unspecified atom stereocenters. The van der Waals surface area contributed by atoms with Crippen LogP contribution in [-0.4, -0.2) is 18.4 Å². The first-order chi connectivity index (χ1) is 14.2. The van der Waals surface area contributed by atoms with Crippen LogP contribution in [0.2, 0.25) is 0 Å². The molecule has 0 aliphatic rings. The van der Waals surface area contributed by atoms with Crippen LogP contribution < -0.4 is 10.6 Å². The summed E-state index contributed by atoms with van der Waals surface area (Å²) in [4.78, 5) is 25.1. The predicted octanol–water partition coefficient (Wildman–Crippen LogP) is 4.30. The highest BCUT2D eigenvalue weighted by Gasteiger charge is 2.19. The van der Waals surface area contributed by atoms with Crippen LogP contribution in [0.3, 0.4) is 0 Å². The molecule has 148 valence electrons. The van der Waals surface area contributed by atoms with E-state index in [4.69, 9.17) is 0 Å². The van der Waals surface area contributed by atoms with Crippen molar-refractivity contribution in [3.05, 3.63) is 108 Å². The topological polar surface area (TPSA) is 58.2 Å². The second kappa shape index (κ2) is 10.8. The Balaban J connectivity index is 1.55. The molecule has 0 saturated carbocycles. The molecule has 0 radical (unpaired) electrons. The molecule has 3 aromatic rings. The van der Waals surface area contributed by atoms with Crippen molar-refractivity contribution in [1.82, 2.24) is 10.6 Å². The van der Waals surface area contributed by atoms with Crippen LogP contribution in [0.25, 0.3) is 0 Å². The largest absolute Gasteiger partial charge is 0.356 e. The van der Waals surface area contributed by atoms with Gasteiger partial charge in [-0.1, -0.05) is 78.9 Å². The van der Waals surface area contributed by atoms with Gasteiger partial charge in [-0.05, 0) is 36.1 Å². The Labute approximate surface area is 172 Å². The number of rotatable bonds is 9. The second-order valence-electron chi connectivity index (χ2n) is 6.95. The molecule has 0 saturated heterocycles. The maximum absolute atomic E-state index is 12.6. The van der Waals surface area contributed by atoms with Crippen molar-refractivity contribution in [3.63, 3.8) is 0 Å². The van der Waals surface area contributed by atoms with Crippen molar-refractivity contribution < 1.29 is 9.59 Å². The van der Waals surface area contributed by atoms with E-state index in [0.29, 0.717) is 12.1 Å². The monoisotopic (exact) mass is 386 g/mol.